The van der Waals surface area contributed by atoms with Crippen LogP contribution in [0.2, 0.25) is 0 Å². The second-order valence-electron chi connectivity index (χ2n) is 4.54. The van der Waals surface area contributed by atoms with Crippen LogP contribution in [-0.2, 0) is 14.6 Å². The monoisotopic (exact) mass is 286 g/mol. The zero-order valence-corrected chi connectivity index (χ0v) is 11.0. The largest absolute Gasteiger partial charge is 0.325 e. The number of anilines is 1. The van der Waals surface area contributed by atoms with Gasteiger partial charge in [-0.15, -0.1) is 0 Å². The van der Waals surface area contributed by atoms with Gasteiger partial charge in [0, 0.05) is 11.7 Å². The topological polar surface area (TPSA) is 75.3 Å². The minimum absolute atomic E-state index is 0.0392. The molecule has 1 aliphatic heterocycles. The lowest BCUT2D eigenvalue weighted by molar-refractivity contribution is -0.115. The first-order valence-electron chi connectivity index (χ1n) is 5.94. The van der Waals surface area contributed by atoms with Crippen molar-refractivity contribution in [3.8, 4) is 0 Å². The summed E-state index contributed by atoms with van der Waals surface area (Å²) in [5, 5.41) is 5.50. The SMILES string of the molecule is O=C(CNC1CCS(=O)(=O)C1)Nc1ccc(F)cc1. The van der Waals surface area contributed by atoms with E-state index in [-0.39, 0.29) is 35.8 Å². The van der Waals surface area contributed by atoms with Crippen LogP contribution in [0, 0.1) is 5.82 Å². The number of nitrogens with one attached hydrogen (secondary N) is 2. The summed E-state index contributed by atoms with van der Waals surface area (Å²) in [6.07, 6.45) is 0.534. The van der Waals surface area contributed by atoms with Crippen molar-refractivity contribution in [1.29, 1.82) is 0 Å². The lowest BCUT2D eigenvalue weighted by Crippen LogP contribution is -2.36. The van der Waals surface area contributed by atoms with Gasteiger partial charge in [-0.05, 0) is 30.7 Å². The number of halogens is 1. The first-order valence-corrected chi connectivity index (χ1v) is 7.76. The van der Waals surface area contributed by atoms with Gasteiger partial charge in [0.25, 0.3) is 0 Å². The fourth-order valence-electron chi connectivity index (χ4n) is 1.93. The second-order valence-corrected chi connectivity index (χ2v) is 6.76. The second kappa shape index (κ2) is 5.66. The molecular weight excluding hydrogens is 271 g/mol. The van der Waals surface area contributed by atoms with Gasteiger partial charge in [-0.3, -0.25) is 4.79 Å². The summed E-state index contributed by atoms with van der Waals surface area (Å²) < 4.78 is 35.1. The van der Waals surface area contributed by atoms with Crippen molar-refractivity contribution in [2.24, 2.45) is 0 Å². The fraction of sp³-hybridized carbons (Fsp3) is 0.417. The lowest BCUT2D eigenvalue weighted by atomic mass is 10.2. The third-order valence-corrected chi connectivity index (χ3v) is 4.68. The van der Waals surface area contributed by atoms with Crippen molar-refractivity contribution in [1.82, 2.24) is 5.32 Å². The molecule has 1 heterocycles. The number of carbonyl (C=O) groups is 1. The van der Waals surface area contributed by atoms with Crippen LogP contribution >= 0.6 is 0 Å². The number of hydrogen-bond donors (Lipinski definition) is 2. The molecule has 0 radical (unpaired) electrons. The van der Waals surface area contributed by atoms with E-state index in [4.69, 9.17) is 0 Å². The molecule has 0 aromatic heterocycles. The molecule has 1 saturated heterocycles. The molecule has 1 aliphatic rings. The lowest BCUT2D eigenvalue weighted by Gasteiger charge is -2.10. The van der Waals surface area contributed by atoms with Gasteiger partial charge in [0.05, 0.1) is 18.1 Å². The Morgan fingerprint density at radius 2 is 2.00 bits per heavy atom. The number of rotatable bonds is 4. The van der Waals surface area contributed by atoms with Gasteiger partial charge in [0.2, 0.25) is 5.91 Å². The van der Waals surface area contributed by atoms with Gasteiger partial charge >= 0.3 is 0 Å². The van der Waals surface area contributed by atoms with E-state index in [0.29, 0.717) is 12.1 Å². The minimum Gasteiger partial charge on any atom is -0.325 e. The van der Waals surface area contributed by atoms with Crippen molar-refractivity contribution in [3.05, 3.63) is 30.1 Å². The summed E-state index contributed by atoms with van der Waals surface area (Å²) in [5.41, 5.74) is 0.507. The number of carbonyl (C=O) groups excluding carboxylic acids is 1. The number of benzene rings is 1. The Labute approximate surface area is 111 Å². The van der Waals surface area contributed by atoms with Gasteiger partial charge < -0.3 is 10.6 Å². The van der Waals surface area contributed by atoms with Crippen LogP contribution in [0.4, 0.5) is 10.1 Å². The molecule has 1 amide bonds. The van der Waals surface area contributed by atoms with E-state index < -0.39 is 9.84 Å². The summed E-state index contributed by atoms with van der Waals surface area (Å²) in [6.45, 7) is 0.0392. The quantitative estimate of drug-likeness (QED) is 0.847. The fourth-order valence-corrected chi connectivity index (χ4v) is 3.64. The maximum atomic E-state index is 12.7. The summed E-state index contributed by atoms with van der Waals surface area (Å²) in [5.74, 6) is -0.399. The Kier molecular flexibility index (Phi) is 4.16. The van der Waals surface area contributed by atoms with Crippen LogP contribution in [0.15, 0.2) is 24.3 Å². The number of sulfone groups is 1. The maximum Gasteiger partial charge on any atom is 0.238 e. The predicted octanol–water partition coefficient (Wildman–Crippen LogP) is 0.541. The number of amides is 1. The molecule has 19 heavy (non-hydrogen) atoms. The molecular formula is C12H15FN2O3S. The highest BCUT2D eigenvalue weighted by molar-refractivity contribution is 7.91. The summed E-state index contributed by atoms with van der Waals surface area (Å²) in [7, 11) is -2.94. The standard InChI is InChI=1S/C12H15FN2O3S/c13-9-1-3-10(4-2-9)15-12(16)7-14-11-5-6-19(17,18)8-11/h1-4,11,14H,5-8H2,(H,15,16). The highest BCUT2D eigenvalue weighted by Crippen LogP contribution is 2.11. The molecule has 104 valence electrons. The molecule has 1 unspecified atom stereocenters. The van der Waals surface area contributed by atoms with E-state index in [1.165, 1.54) is 24.3 Å². The van der Waals surface area contributed by atoms with Crippen molar-refractivity contribution in [3.63, 3.8) is 0 Å². The van der Waals surface area contributed by atoms with E-state index >= 15 is 0 Å². The van der Waals surface area contributed by atoms with E-state index in [1.54, 1.807) is 0 Å². The van der Waals surface area contributed by atoms with E-state index in [0.717, 1.165) is 0 Å². The van der Waals surface area contributed by atoms with Crippen LogP contribution in [-0.4, -0.2) is 38.4 Å². The zero-order chi connectivity index (χ0) is 13.9. The van der Waals surface area contributed by atoms with Gasteiger partial charge in [-0.1, -0.05) is 0 Å². The normalized spacial score (nSPS) is 21.2. The molecule has 0 saturated carbocycles. The van der Waals surface area contributed by atoms with Crippen molar-refractivity contribution in [2.75, 3.05) is 23.4 Å². The Bertz CT molecular complexity index is 557. The first kappa shape index (κ1) is 14.0. The first-order chi connectivity index (χ1) is 8.94. The van der Waals surface area contributed by atoms with Crippen molar-refractivity contribution in [2.45, 2.75) is 12.5 Å². The van der Waals surface area contributed by atoms with Gasteiger partial charge in [-0.2, -0.15) is 0 Å². The van der Waals surface area contributed by atoms with E-state index in [1.807, 2.05) is 0 Å². The van der Waals surface area contributed by atoms with E-state index in [9.17, 15) is 17.6 Å². The Morgan fingerprint density at radius 1 is 1.32 bits per heavy atom. The summed E-state index contributed by atoms with van der Waals surface area (Å²) in [6, 6.07) is 5.28. The van der Waals surface area contributed by atoms with Gasteiger partial charge in [-0.25, -0.2) is 12.8 Å². The van der Waals surface area contributed by atoms with Crippen molar-refractivity contribution < 1.29 is 17.6 Å². The highest BCUT2D eigenvalue weighted by Gasteiger charge is 2.27. The molecule has 0 spiro atoms. The van der Waals surface area contributed by atoms with Crippen molar-refractivity contribution >= 4 is 21.4 Å². The van der Waals surface area contributed by atoms with Gasteiger partial charge in [0.15, 0.2) is 9.84 Å². The number of hydrogen-bond acceptors (Lipinski definition) is 4. The van der Waals surface area contributed by atoms with Crippen LogP contribution in [0.25, 0.3) is 0 Å². The molecule has 0 bridgehead atoms. The highest BCUT2D eigenvalue weighted by atomic mass is 32.2. The molecule has 1 fully saturated rings. The van der Waals surface area contributed by atoms with Crippen LogP contribution in [0.5, 0.6) is 0 Å². The summed E-state index contributed by atoms with van der Waals surface area (Å²) in [4.78, 5) is 11.6. The van der Waals surface area contributed by atoms with Crippen LogP contribution < -0.4 is 10.6 Å². The third-order valence-electron chi connectivity index (χ3n) is 2.91. The molecule has 5 nitrogen and oxygen atoms in total. The third kappa shape index (κ3) is 4.29. The molecule has 2 N–H and O–H groups in total. The molecule has 1 aromatic rings. The molecule has 1 aromatic carbocycles. The molecule has 0 aliphatic carbocycles. The predicted molar refractivity (Wildman–Crippen MR) is 70.1 cm³/mol. The Morgan fingerprint density at radius 3 is 2.58 bits per heavy atom. The average Bonchev–Trinajstić information content (AvgIpc) is 2.69. The van der Waals surface area contributed by atoms with Gasteiger partial charge in [0.1, 0.15) is 5.82 Å². The molecule has 7 heteroatoms. The average molecular weight is 286 g/mol. The minimum atomic E-state index is -2.94. The maximum absolute atomic E-state index is 12.7. The zero-order valence-electron chi connectivity index (χ0n) is 10.2. The molecule has 1 atom stereocenters. The van der Waals surface area contributed by atoms with E-state index in [2.05, 4.69) is 10.6 Å². The Hall–Kier alpha value is -1.47. The smallest absolute Gasteiger partial charge is 0.238 e. The Balaban J connectivity index is 1.78. The van der Waals surface area contributed by atoms with Crippen LogP contribution in [0.1, 0.15) is 6.42 Å². The summed E-state index contributed by atoms with van der Waals surface area (Å²) >= 11 is 0. The molecule has 2 rings (SSSR count). The van der Waals surface area contributed by atoms with Crippen LogP contribution in [0.3, 0.4) is 0 Å².